The summed E-state index contributed by atoms with van der Waals surface area (Å²) in [5, 5.41) is 3.61. The lowest BCUT2D eigenvalue weighted by Crippen LogP contribution is -2.13. The van der Waals surface area contributed by atoms with E-state index < -0.39 is 0 Å². The first-order chi connectivity index (χ1) is 7.33. The van der Waals surface area contributed by atoms with E-state index in [2.05, 4.69) is 10.3 Å². The fourth-order valence-corrected chi connectivity index (χ4v) is 2.58. The molecule has 2 aliphatic rings. The average molecular weight is 224 g/mol. The van der Waals surface area contributed by atoms with E-state index in [4.69, 9.17) is 4.74 Å². The molecule has 5 heteroatoms. The summed E-state index contributed by atoms with van der Waals surface area (Å²) in [5.41, 5.74) is 1.09. The lowest BCUT2D eigenvalue weighted by atomic mass is 10.2. The number of nitrogens with one attached hydrogen (secondary N) is 1. The minimum atomic E-state index is 0.127. The number of rotatable bonds is 2. The van der Waals surface area contributed by atoms with Gasteiger partial charge in [0.2, 0.25) is 5.91 Å². The Labute approximate surface area is 91.7 Å². The molecular formula is C10H12N2O2S. The monoisotopic (exact) mass is 224 g/mol. The summed E-state index contributed by atoms with van der Waals surface area (Å²) < 4.78 is 5.33. The zero-order valence-corrected chi connectivity index (χ0v) is 9.10. The predicted molar refractivity (Wildman–Crippen MR) is 56.8 cm³/mol. The van der Waals surface area contributed by atoms with Crippen molar-refractivity contribution in [3.05, 3.63) is 10.6 Å². The molecule has 0 aromatic carbocycles. The SMILES string of the molecule is O=C(Nc1nc2c(s1)COCC2)C1CC1. The average Bonchev–Trinajstić information content (AvgIpc) is 2.99. The van der Waals surface area contributed by atoms with Crippen molar-refractivity contribution in [2.24, 2.45) is 5.92 Å². The van der Waals surface area contributed by atoms with Gasteiger partial charge in [-0.25, -0.2) is 4.98 Å². The third-order valence-electron chi connectivity index (χ3n) is 2.67. The summed E-state index contributed by atoms with van der Waals surface area (Å²) in [6.07, 6.45) is 2.92. The van der Waals surface area contributed by atoms with E-state index in [0.29, 0.717) is 6.61 Å². The van der Waals surface area contributed by atoms with Gasteiger partial charge in [0, 0.05) is 12.3 Å². The summed E-state index contributed by atoms with van der Waals surface area (Å²) in [6.45, 7) is 1.39. The molecule has 80 valence electrons. The standard InChI is InChI=1S/C10H12N2O2S/c13-9(6-1-2-6)12-10-11-7-3-4-14-5-8(7)15-10/h6H,1-5H2,(H,11,12,13). The molecule has 1 fully saturated rings. The van der Waals surface area contributed by atoms with Gasteiger partial charge in [-0.2, -0.15) is 0 Å². The van der Waals surface area contributed by atoms with Crippen molar-refractivity contribution in [1.29, 1.82) is 0 Å². The highest BCUT2D eigenvalue weighted by Crippen LogP contribution is 2.32. The van der Waals surface area contributed by atoms with Crippen LogP contribution in [-0.2, 0) is 22.6 Å². The number of carbonyl (C=O) groups excluding carboxylic acids is 1. The van der Waals surface area contributed by atoms with Crippen molar-refractivity contribution in [3.8, 4) is 0 Å². The van der Waals surface area contributed by atoms with Gasteiger partial charge in [0.05, 0.1) is 23.8 Å². The predicted octanol–water partition coefficient (Wildman–Crippen LogP) is 1.56. The number of aromatic nitrogens is 1. The lowest BCUT2D eigenvalue weighted by molar-refractivity contribution is -0.117. The van der Waals surface area contributed by atoms with Gasteiger partial charge in [-0.15, -0.1) is 0 Å². The van der Waals surface area contributed by atoms with Gasteiger partial charge in [0.25, 0.3) is 0 Å². The number of fused-ring (bicyclic) bond motifs is 1. The quantitative estimate of drug-likeness (QED) is 0.829. The van der Waals surface area contributed by atoms with Gasteiger partial charge in [-0.05, 0) is 12.8 Å². The number of anilines is 1. The number of hydrogen-bond donors (Lipinski definition) is 1. The summed E-state index contributed by atoms with van der Waals surface area (Å²) in [5.74, 6) is 0.365. The fourth-order valence-electron chi connectivity index (χ4n) is 1.63. The van der Waals surface area contributed by atoms with Crippen molar-refractivity contribution in [2.75, 3.05) is 11.9 Å². The van der Waals surface area contributed by atoms with Crippen molar-refractivity contribution in [2.45, 2.75) is 25.9 Å². The van der Waals surface area contributed by atoms with Crippen LogP contribution in [0.1, 0.15) is 23.4 Å². The Morgan fingerprint density at radius 3 is 3.13 bits per heavy atom. The van der Waals surface area contributed by atoms with Crippen LogP contribution in [0.25, 0.3) is 0 Å². The van der Waals surface area contributed by atoms with Crippen molar-refractivity contribution in [3.63, 3.8) is 0 Å². The van der Waals surface area contributed by atoms with Gasteiger partial charge in [0.1, 0.15) is 0 Å². The molecule has 0 saturated heterocycles. The summed E-state index contributed by atoms with van der Waals surface area (Å²) >= 11 is 1.54. The van der Waals surface area contributed by atoms with Gasteiger partial charge < -0.3 is 10.1 Å². The van der Waals surface area contributed by atoms with Crippen LogP contribution in [0, 0.1) is 5.92 Å². The van der Waals surface area contributed by atoms with Crippen LogP contribution in [0.3, 0.4) is 0 Å². The Balaban J connectivity index is 1.74. The van der Waals surface area contributed by atoms with Crippen LogP contribution in [0.2, 0.25) is 0 Å². The molecule has 3 rings (SSSR count). The Morgan fingerprint density at radius 1 is 1.53 bits per heavy atom. The molecule has 0 atom stereocenters. The molecule has 2 heterocycles. The molecular weight excluding hydrogens is 212 g/mol. The molecule has 1 aliphatic heterocycles. The first kappa shape index (κ1) is 9.30. The van der Waals surface area contributed by atoms with Gasteiger partial charge in [0.15, 0.2) is 5.13 Å². The van der Waals surface area contributed by atoms with E-state index in [0.717, 1.165) is 41.6 Å². The summed E-state index contributed by atoms with van der Waals surface area (Å²) in [4.78, 5) is 17.1. The van der Waals surface area contributed by atoms with E-state index in [1.807, 2.05) is 0 Å². The van der Waals surface area contributed by atoms with Crippen LogP contribution in [0.15, 0.2) is 0 Å². The molecule has 1 aliphatic carbocycles. The minimum Gasteiger partial charge on any atom is -0.375 e. The topological polar surface area (TPSA) is 51.2 Å². The highest BCUT2D eigenvalue weighted by atomic mass is 32.1. The Kier molecular flexibility index (Phi) is 2.21. The highest BCUT2D eigenvalue weighted by molar-refractivity contribution is 7.15. The molecule has 0 radical (unpaired) electrons. The van der Waals surface area contributed by atoms with Crippen LogP contribution >= 0.6 is 11.3 Å². The Bertz CT molecular complexity index is 375. The molecule has 0 bridgehead atoms. The van der Waals surface area contributed by atoms with Gasteiger partial charge >= 0.3 is 0 Å². The van der Waals surface area contributed by atoms with Gasteiger partial charge in [-0.1, -0.05) is 11.3 Å². The molecule has 1 aromatic rings. The van der Waals surface area contributed by atoms with E-state index in [1.54, 1.807) is 11.3 Å². The largest absolute Gasteiger partial charge is 0.375 e. The van der Waals surface area contributed by atoms with Crippen molar-refractivity contribution < 1.29 is 9.53 Å². The molecule has 4 nitrogen and oxygen atoms in total. The first-order valence-electron chi connectivity index (χ1n) is 5.20. The molecule has 0 unspecified atom stereocenters. The summed E-state index contributed by atoms with van der Waals surface area (Å²) in [7, 11) is 0. The number of hydrogen-bond acceptors (Lipinski definition) is 4. The van der Waals surface area contributed by atoms with Crippen LogP contribution < -0.4 is 5.32 Å². The zero-order chi connectivity index (χ0) is 10.3. The second-order valence-corrected chi connectivity index (χ2v) is 5.04. The third kappa shape index (κ3) is 1.89. The van der Waals surface area contributed by atoms with E-state index >= 15 is 0 Å². The highest BCUT2D eigenvalue weighted by Gasteiger charge is 2.30. The normalized spacial score (nSPS) is 19.7. The number of nitrogens with zero attached hydrogens (tertiary/aromatic N) is 1. The summed E-state index contributed by atoms with van der Waals surface area (Å²) in [6, 6.07) is 0. The van der Waals surface area contributed by atoms with Gasteiger partial charge in [-0.3, -0.25) is 4.79 Å². The number of thiazole rings is 1. The third-order valence-corrected chi connectivity index (χ3v) is 3.66. The molecule has 15 heavy (non-hydrogen) atoms. The van der Waals surface area contributed by atoms with Crippen LogP contribution in [0.4, 0.5) is 5.13 Å². The Hall–Kier alpha value is -0.940. The molecule has 1 saturated carbocycles. The fraction of sp³-hybridized carbons (Fsp3) is 0.600. The van der Waals surface area contributed by atoms with E-state index in [9.17, 15) is 4.79 Å². The first-order valence-corrected chi connectivity index (χ1v) is 6.02. The molecule has 1 N–H and O–H groups in total. The molecule has 1 aromatic heterocycles. The smallest absolute Gasteiger partial charge is 0.229 e. The maximum Gasteiger partial charge on any atom is 0.229 e. The van der Waals surface area contributed by atoms with Crippen LogP contribution in [0.5, 0.6) is 0 Å². The maximum absolute atomic E-state index is 11.5. The minimum absolute atomic E-state index is 0.127. The lowest BCUT2D eigenvalue weighted by Gasteiger charge is -2.08. The number of amides is 1. The Morgan fingerprint density at radius 2 is 2.40 bits per heavy atom. The van der Waals surface area contributed by atoms with Crippen molar-refractivity contribution >= 4 is 22.4 Å². The van der Waals surface area contributed by atoms with E-state index in [-0.39, 0.29) is 11.8 Å². The molecule has 1 amide bonds. The van der Waals surface area contributed by atoms with Crippen molar-refractivity contribution in [1.82, 2.24) is 4.98 Å². The second-order valence-electron chi connectivity index (χ2n) is 3.95. The second kappa shape index (κ2) is 3.57. The zero-order valence-electron chi connectivity index (χ0n) is 8.28. The maximum atomic E-state index is 11.5. The van der Waals surface area contributed by atoms with Crippen LogP contribution in [-0.4, -0.2) is 17.5 Å². The number of carbonyl (C=O) groups is 1. The molecule has 0 spiro atoms. The van der Waals surface area contributed by atoms with E-state index in [1.165, 1.54) is 0 Å². The number of ether oxygens (including phenoxy) is 1.